The quantitative estimate of drug-likeness (QED) is 0.777. The van der Waals surface area contributed by atoms with Crippen molar-refractivity contribution in [2.24, 2.45) is 11.5 Å². The third-order valence-electron chi connectivity index (χ3n) is 1.78. The number of halogens is 1. The number of carbonyl (C=O) groups is 1. The first-order chi connectivity index (χ1) is 6.15. The number of hydrogen-bond acceptors (Lipinski definition) is 3. The van der Waals surface area contributed by atoms with Crippen LogP contribution in [0.2, 0.25) is 0 Å². The Kier molecular flexibility index (Phi) is 4.97. The Balaban J connectivity index is 0.00000169. The van der Waals surface area contributed by atoms with Gasteiger partial charge in [0.1, 0.15) is 11.8 Å². The Bertz CT molecular complexity index is 300. The van der Waals surface area contributed by atoms with Gasteiger partial charge in [-0.3, -0.25) is 4.79 Å². The van der Waals surface area contributed by atoms with Gasteiger partial charge in [0.05, 0.1) is 7.11 Å². The summed E-state index contributed by atoms with van der Waals surface area (Å²) in [5.41, 5.74) is 11.2. The molecule has 4 nitrogen and oxygen atoms in total. The van der Waals surface area contributed by atoms with Gasteiger partial charge in [-0.25, -0.2) is 0 Å². The minimum absolute atomic E-state index is 0. The highest BCUT2D eigenvalue weighted by molar-refractivity contribution is 5.85. The number of amides is 1. The van der Waals surface area contributed by atoms with E-state index in [9.17, 15) is 4.79 Å². The molecule has 0 aliphatic heterocycles. The molecule has 78 valence electrons. The summed E-state index contributed by atoms with van der Waals surface area (Å²) < 4.78 is 4.95. The van der Waals surface area contributed by atoms with Crippen molar-refractivity contribution in [2.45, 2.75) is 6.04 Å². The monoisotopic (exact) mass is 216 g/mol. The molecule has 14 heavy (non-hydrogen) atoms. The molecule has 1 rings (SSSR count). The number of hydrogen-bond donors (Lipinski definition) is 2. The number of ether oxygens (including phenoxy) is 1. The van der Waals surface area contributed by atoms with Crippen LogP contribution >= 0.6 is 12.4 Å². The van der Waals surface area contributed by atoms with Crippen molar-refractivity contribution in [3.05, 3.63) is 29.8 Å². The fourth-order valence-electron chi connectivity index (χ4n) is 0.976. The van der Waals surface area contributed by atoms with Crippen LogP contribution in [-0.2, 0) is 4.79 Å². The molecule has 5 heteroatoms. The molecule has 0 bridgehead atoms. The maximum atomic E-state index is 10.7. The van der Waals surface area contributed by atoms with Crippen LogP contribution in [0.4, 0.5) is 0 Å². The zero-order valence-electron chi connectivity index (χ0n) is 7.77. The summed E-state index contributed by atoms with van der Waals surface area (Å²) in [6.45, 7) is 0. The molecule has 0 saturated heterocycles. The van der Waals surface area contributed by atoms with Gasteiger partial charge in [-0.2, -0.15) is 0 Å². The molecule has 0 unspecified atom stereocenters. The van der Waals surface area contributed by atoms with E-state index >= 15 is 0 Å². The Labute approximate surface area is 88.6 Å². The van der Waals surface area contributed by atoms with E-state index in [4.69, 9.17) is 16.2 Å². The van der Waals surface area contributed by atoms with E-state index in [0.29, 0.717) is 5.56 Å². The largest absolute Gasteiger partial charge is 0.497 e. The van der Waals surface area contributed by atoms with Crippen LogP contribution in [0.15, 0.2) is 24.3 Å². The van der Waals surface area contributed by atoms with Crippen LogP contribution in [0.3, 0.4) is 0 Å². The lowest BCUT2D eigenvalue weighted by Crippen LogP contribution is -2.28. The zero-order chi connectivity index (χ0) is 9.84. The van der Waals surface area contributed by atoms with Crippen LogP contribution in [0.5, 0.6) is 5.75 Å². The van der Waals surface area contributed by atoms with Gasteiger partial charge < -0.3 is 16.2 Å². The Morgan fingerprint density at radius 3 is 2.21 bits per heavy atom. The lowest BCUT2D eigenvalue weighted by atomic mass is 10.1. The second-order valence-electron chi connectivity index (χ2n) is 2.65. The van der Waals surface area contributed by atoms with Crippen molar-refractivity contribution in [3.63, 3.8) is 0 Å². The SMILES string of the molecule is COc1ccc([C@H](N)C(N)=O)cc1.Cl. The van der Waals surface area contributed by atoms with E-state index in [-0.39, 0.29) is 12.4 Å². The molecule has 0 fully saturated rings. The van der Waals surface area contributed by atoms with Gasteiger partial charge in [-0.05, 0) is 17.7 Å². The second kappa shape index (κ2) is 5.47. The predicted molar refractivity (Wildman–Crippen MR) is 56.4 cm³/mol. The zero-order valence-corrected chi connectivity index (χ0v) is 8.58. The standard InChI is InChI=1S/C9H12N2O2.ClH/c1-13-7-4-2-6(3-5-7)8(10)9(11)12;/h2-5,8H,10H2,1H3,(H2,11,12);1H/t8-;/m0./s1. The predicted octanol–water partition coefficient (Wildman–Crippen LogP) is 0.602. The molecule has 0 radical (unpaired) electrons. The summed E-state index contributed by atoms with van der Waals surface area (Å²) >= 11 is 0. The summed E-state index contributed by atoms with van der Waals surface area (Å²) in [4.78, 5) is 10.7. The van der Waals surface area contributed by atoms with Crippen LogP contribution in [0.1, 0.15) is 11.6 Å². The average Bonchev–Trinajstić information content (AvgIpc) is 2.17. The Hall–Kier alpha value is -1.26. The van der Waals surface area contributed by atoms with Crippen molar-refractivity contribution in [1.82, 2.24) is 0 Å². The van der Waals surface area contributed by atoms with Crippen molar-refractivity contribution in [3.8, 4) is 5.75 Å². The summed E-state index contributed by atoms with van der Waals surface area (Å²) in [5.74, 6) is 0.186. The molecule has 1 aromatic carbocycles. The van der Waals surface area contributed by atoms with E-state index < -0.39 is 11.9 Å². The lowest BCUT2D eigenvalue weighted by Gasteiger charge is -2.07. The molecule has 0 spiro atoms. The molecule has 1 aromatic rings. The van der Waals surface area contributed by atoms with Gasteiger partial charge in [0.15, 0.2) is 0 Å². The third-order valence-corrected chi connectivity index (χ3v) is 1.78. The van der Waals surface area contributed by atoms with Crippen molar-refractivity contribution < 1.29 is 9.53 Å². The molecule has 0 aliphatic carbocycles. The highest BCUT2D eigenvalue weighted by Crippen LogP contribution is 2.15. The molecule has 0 aliphatic rings. The van der Waals surface area contributed by atoms with Gasteiger partial charge in [0.25, 0.3) is 0 Å². The third kappa shape index (κ3) is 2.90. The van der Waals surface area contributed by atoms with Crippen molar-refractivity contribution in [2.75, 3.05) is 7.11 Å². The highest BCUT2D eigenvalue weighted by atomic mass is 35.5. The Morgan fingerprint density at radius 2 is 1.86 bits per heavy atom. The smallest absolute Gasteiger partial charge is 0.238 e. The first-order valence-corrected chi connectivity index (χ1v) is 3.84. The van der Waals surface area contributed by atoms with E-state index in [1.54, 1.807) is 31.4 Å². The lowest BCUT2D eigenvalue weighted by molar-refractivity contribution is -0.119. The second-order valence-corrected chi connectivity index (χ2v) is 2.65. The number of nitrogens with two attached hydrogens (primary N) is 2. The van der Waals surface area contributed by atoms with E-state index in [0.717, 1.165) is 5.75 Å². The number of rotatable bonds is 3. The van der Waals surface area contributed by atoms with Gasteiger partial charge in [0.2, 0.25) is 5.91 Å². The minimum Gasteiger partial charge on any atom is -0.497 e. The number of primary amides is 1. The van der Waals surface area contributed by atoms with E-state index in [2.05, 4.69) is 0 Å². The molecule has 0 aromatic heterocycles. The van der Waals surface area contributed by atoms with Gasteiger partial charge >= 0.3 is 0 Å². The first-order valence-electron chi connectivity index (χ1n) is 3.84. The van der Waals surface area contributed by atoms with Crippen LogP contribution in [0, 0.1) is 0 Å². The molecule has 0 saturated carbocycles. The molecule has 4 N–H and O–H groups in total. The van der Waals surface area contributed by atoms with E-state index in [1.165, 1.54) is 0 Å². The van der Waals surface area contributed by atoms with Gasteiger partial charge in [0, 0.05) is 0 Å². The summed E-state index contributed by atoms with van der Waals surface area (Å²) in [6.07, 6.45) is 0. The minimum atomic E-state index is -0.745. The maximum Gasteiger partial charge on any atom is 0.238 e. The van der Waals surface area contributed by atoms with Crippen LogP contribution in [0.25, 0.3) is 0 Å². The molecule has 0 heterocycles. The van der Waals surface area contributed by atoms with E-state index in [1.807, 2.05) is 0 Å². The van der Waals surface area contributed by atoms with Crippen LogP contribution in [-0.4, -0.2) is 13.0 Å². The molecular formula is C9H13ClN2O2. The van der Waals surface area contributed by atoms with Gasteiger partial charge in [-0.15, -0.1) is 12.4 Å². The number of carbonyl (C=O) groups excluding carboxylic acids is 1. The Morgan fingerprint density at radius 1 is 1.36 bits per heavy atom. The topological polar surface area (TPSA) is 78.3 Å². The van der Waals surface area contributed by atoms with Crippen molar-refractivity contribution in [1.29, 1.82) is 0 Å². The fraction of sp³-hybridized carbons (Fsp3) is 0.222. The first kappa shape index (κ1) is 12.7. The van der Waals surface area contributed by atoms with Crippen molar-refractivity contribution >= 4 is 18.3 Å². The molecule has 1 amide bonds. The maximum absolute atomic E-state index is 10.7. The summed E-state index contributed by atoms with van der Waals surface area (Å²) in [5, 5.41) is 0. The summed E-state index contributed by atoms with van der Waals surface area (Å²) in [6, 6.07) is 6.16. The number of benzene rings is 1. The summed E-state index contributed by atoms with van der Waals surface area (Å²) in [7, 11) is 1.57. The molecule has 1 atom stereocenters. The fourth-order valence-corrected chi connectivity index (χ4v) is 0.976. The highest BCUT2D eigenvalue weighted by Gasteiger charge is 2.11. The average molecular weight is 217 g/mol. The van der Waals surface area contributed by atoms with Gasteiger partial charge in [-0.1, -0.05) is 12.1 Å². The normalized spacial score (nSPS) is 11.3. The molecular weight excluding hydrogens is 204 g/mol. The van der Waals surface area contributed by atoms with Crippen LogP contribution < -0.4 is 16.2 Å². The number of methoxy groups -OCH3 is 1.